The summed E-state index contributed by atoms with van der Waals surface area (Å²) < 4.78 is 51.9. The number of nitrogens with zero attached hydrogens (tertiary/aromatic N) is 4. The number of carbonyl (C=O) groups is 1. The lowest BCUT2D eigenvalue weighted by Gasteiger charge is -2.33. The van der Waals surface area contributed by atoms with Gasteiger partial charge in [-0.3, -0.25) is 0 Å². The Bertz CT molecular complexity index is 2210. The average Bonchev–Trinajstić information content (AvgIpc) is 3.62. The normalized spacial score (nSPS) is 13.6. The van der Waals surface area contributed by atoms with Crippen LogP contribution in [-0.4, -0.2) is 38.7 Å². The number of anilines is 1. The second-order valence-electron chi connectivity index (χ2n) is 11.9. The number of fused-ring (bicyclic) bond motifs is 1. The van der Waals surface area contributed by atoms with E-state index in [-0.39, 0.29) is 22.0 Å². The molecule has 7 rings (SSSR count). The maximum atomic E-state index is 15.9. The van der Waals surface area contributed by atoms with E-state index in [1.54, 1.807) is 36.0 Å². The van der Waals surface area contributed by atoms with Gasteiger partial charge in [0.1, 0.15) is 16.3 Å². The number of methoxy groups -OCH3 is 1. The largest absolute Gasteiger partial charge is 0.481 e. The summed E-state index contributed by atoms with van der Waals surface area (Å²) >= 11 is 0. The topological polar surface area (TPSA) is 120 Å². The van der Waals surface area contributed by atoms with Gasteiger partial charge in [-0.25, -0.2) is 27.8 Å². The summed E-state index contributed by atoms with van der Waals surface area (Å²) in [5, 5.41) is 7.27. The molecule has 0 spiro atoms. The van der Waals surface area contributed by atoms with E-state index in [0.717, 1.165) is 0 Å². The third-order valence-corrected chi connectivity index (χ3v) is 10.6. The van der Waals surface area contributed by atoms with Gasteiger partial charge in [0.2, 0.25) is 11.8 Å². The highest BCUT2D eigenvalue weighted by Gasteiger charge is 2.40. The molecule has 0 saturated carbocycles. The van der Waals surface area contributed by atoms with Crippen molar-refractivity contribution in [2.45, 2.75) is 30.3 Å². The summed E-state index contributed by atoms with van der Waals surface area (Å²) in [5.74, 6) is 0.0671. The smallest absolute Gasteiger partial charge is 0.331 e. The second kappa shape index (κ2) is 14.1. The molecule has 1 atom stereocenters. The third-order valence-electron chi connectivity index (χ3n) is 8.77. The van der Waals surface area contributed by atoms with E-state index in [1.165, 1.54) is 19.4 Å². The number of rotatable bonds is 9. The van der Waals surface area contributed by atoms with Gasteiger partial charge in [-0.1, -0.05) is 91.0 Å². The highest BCUT2D eigenvalue weighted by Crippen LogP contribution is 2.43. The Balaban J connectivity index is 1.44. The quantitative estimate of drug-likeness (QED) is 0.149. The number of hydrogen-bond acceptors (Lipinski definition) is 7. The van der Waals surface area contributed by atoms with Crippen LogP contribution < -0.4 is 19.5 Å². The van der Waals surface area contributed by atoms with Gasteiger partial charge in [0, 0.05) is 36.4 Å². The van der Waals surface area contributed by atoms with Gasteiger partial charge in [-0.2, -0.15) is 9.46 Å². The van der Waals surface area contributed by atoms with Crippen molar-refractivity contribution in [2.24, 2.45) is 4.36 Å². The van der Waals surface area contributed by atoms with Crippen LogP contribution in [0.5, 0.6) is 11.8 Å². The monoisotopic (exact) mass is 702 g/mol. The van der Waals surface area contributed by atoms with Crippen LogP contribution in [0.2, 0.25) is 0 Å². The molecule has 2 amide bonds. The van der Waals surface area contributed by atoms with Crippen LogP contribution >= 0.6 is 0 Å². The maximum Gasteiger partial charge on any atom is 0.331 e. The van der Waals surface area contributed by atoms with Crippen molar-refractivity contribution in [2.75, 3.05) is 19.0 Å². The number of amides is 2. The summed E-state index contributed by atoms with van der Waals surface area (Å²) in [5.41, 5.74) is 2.26. The molecule has 0 bridgehead atoms. The van der Waals surface area contributed by atoms with Crippen LogP contribution in [0.25, 0.3) is 11.1 Å². The first-order valence-electron chi connectivity index (χ1n) is 16.3. The molecule has 51 heavy (non-hydrogen) atoms. The summed E-state index contributed by atoms with van der Waals surface area (Å²) in [4.78, 5) is 18.5. The SMILES string of the molecule is COc1cc(-c2ccc(F)c(C)c2NC(=O)N[S@@](=O)(=NC(c2ccccc2)(c2ccccc2)c2ccccc2)c2cnn3c2OCCC3)ccn1. The van der Waals surface area contributed by atoms with E-state index in [4.69, 9.17) is 13.8 Å². The first kappa shape index (κ1) is 33.5. The highest BCUT2D eigenvalue weighted by molar-refractivity contribution is 7.92. The van der Waals surface area contributed by atoms with Gasteiger partial charge < -0.3 is 14.8 Å². The van der Waals surface area contributed by atoms with Gasteiger partial charge in [0.25, 0.3) is 0 Å². The fourth-order valence-corrected chi connectivity index (χ4v) is 8.14. The second-order valence-corrected chi connectivity index (χ2v) is 13.8. The summed E-state index contributed by atoms with van der Waals surface area (Å²) in [6.07, 6.45) is 3.70. The summed E-state index contributed by atoms with van der Waals surface area (Å²) in [6.45, 7) is 2.48. The molecule has 6 aromatic rings. The molecule has 12 heteroatoms. The number of halogens is 1. The molecule has 1 aliphatic heterocycles. The molecule has 0 unspecified atom stereocenters. The molecular formula is C39H35FN6O4S. The molecule has 258 valence electrons. The highest BCUT2D eigenvalue weighted by atomic mass is 32.2. The summed E-state index contributed by atoms with van der Waals surface area (Å²) in [6, 6.07) is 33.9. The van der Waals surface area contributed by atoms with Crippen LogP contribution in [0.3, 0.4) is 0 Å². The predicted molar refractivity (Wildman–Crippen MR) is 193 cm³/mol. The number of urea groups is 1. The van der Waals surface area contributed by atoms with E-state index in [9.17, 15) is 4.79 Å². The Hall–Kier alpha value is -6.01. The van der Waals surface area contributed by atoms with E-state index in [0.29, 0.717) is 53.3 Å². The zero-order chi connectivity index (χ0) is 35.4. The Morgan fingerprint density at radius 2 is 1.57 bits per heavy atom. The van der Waals surface area contributed by atoms with Crippen molar-refractivity contribution in [1.29, 1.82) is 0 Å². The van der Waals surface area contributed by atoms with Gasteiger partial charge in [0.15, 0.2) is 9.92 Å². The van der Waals surface area contributed by atoms with Crippen LogP contribution in [0, 0.1) is 12.7 Å². The lowest BCUT2D eigenvalue weighted by atomic mass is 9.78. The predicted octanol–water partition coefficient (Wildman–Crippen LogP) is 7.74. The van der Waals surface area contributed by atoms with E-state index in [2.05, 4.69) is 20.1 Å². The fourth-order valence-electron chi connectivity index (χ4n) is 6.29. The molecule has 2 N–H and O–H groups in total. The summed E-state index contributed by atoms with van der Waals surface area (Å²) in [7, 11) is -2.47. The molecule has 0 fully saturated rings. The molecule has 0 radical (unpaired) electrons. The molecular weight excluding hydrogens is 668 g/mol. The van der Waals surface area contributed by atoms with Crippen LogP contribution in [-0.2, 0) is 22.0 Å². The molecule has 0 saturated heterocycles. The number of aromatic nitrogens is 3. The molecule has 4 aromatic carbocycles. The Morgan fingerprint density at radius 3 is 2.18 bits per heavy atom. The molecule has 2 aromatic heterocycles. The van der Waals surface area contributed by atoms with Crippen molar-refractivity contribution >= 4 is 21.6 Å². The van der Waals surface area contributed by atoms with Crippen molar-refractivity contribution < 1.29 is 22.9 Å². The minimum absolute atomic E-state index is 0.111. The van der Waals surface area contributed by atoms with Gasteiger partial charge in [-0.15, -0.1) is 0 Å². The lowest BCUT2D eigenvalue weighted by molar-refractivity contribution is 0.224. The number of nitrogens with one attached hydrogen (secondary N) is 2. The molecule has 1 aliphatic rings. The van der Waals surface area contributed by atoms with Crippen LogP contribution in [0.1, 0.15) is 28.7 Å². The first-order chi connectivity index (χ1) is 24.8. The third kappa shape index (κ3) is 6.41. The number of aryl methyl sites for hydroxylation is 1. The Labute approximate surface area is 295 Å². The van der Waals surface area contributed by atoms with Crippen molar-refractivity contribution in [3.05, 3.63) is 156 Å². The molecule has 0 aliphatic carbocycles. The Kier molecular flexibility index (Phi) is 9.24. The van der Waals surface area contributed by atoms with Gasteiger partial charge in [-0.05, 0) is 47.4 Å². The number of hydrogen-bond donors (Lipinski definition) is 2. The minimum atomic E-state index is -3.97. The zero-order valence-corrected chi connectivity index (χ0v) is 28.8. The number of pyridine rings is 1. The number of carbonyl (C=O) groups excluding carboxylic acids is 1. The van der Waals surface area contributed by atoms with Crippen molar-refractivity contribution in [3.8, 4) is 22.9 Å². The first-order valence-corrected chi connectivity index (χ1v) is 17.9. The average molecular weight is 703 g/mol. The van der Waals surface area contributed by atoms with Gasteiger partial charge in [0.05, 0.1) is 25.6 Å². The van der Waals surface area contributed by atoms with Crippen molar-refractivity contribution in [3.63, 3.8) is 0 Å². The number of ether oxygens (including phenoxy) is 2. The molecule has 10 nitrogen and oxygen atoms in total. The minimum Gasteiger partial charge on any atom is -0.481 e. The van der Waals surface area contributed by atoms with Crippen molar-refractivity contribution in [1.82, 2.24) is 19.5 Å². The lowest BCUT2D eigenvalue weighted by Crippen LogP contribution is -2.38. The van der Waals surface area contributed by atoms with Gasteiger partial charge >= 0.3 is 6.03 Å². The standard InChI is InChI=1S/C39H35FN6O4S/c1-27-33(40)20-19-32(28-21-22-41-35(25-28)49-2)36(27)43-38(47)44-51(48,34-26-42-46-23-12-24-50-37(34)46)45-39(29-13-6-3-7-14-29,30-15-8-4-9-16-30)31-17-10-5-11-18-31/h3-11,13-22,25-26H,12,23-24H2,1-2H3,(H2,43,44,45,47,48)/t51-/m1/s1. The number of benzene rings is 4. The van der Waals surface area contributed by atoms with Crippen LogP contribution in [0.4, 0.5) is 14.9 Å². The van der Waals surface area contributed by atoms with E-state index < -0.39 is 27.3 Å². The van der Waals surface area contributed by atoms with E-state index >= 15 is 8.60 Å². The fraction of sp³-hybridized carbons (Fsp3) is 0.154. The van der Waals surface area contributed by atoms with E-state index in [1.807, 2.05) is 91.0 Å². The van der Waals surface area contributed by atoms with Crippen LogP contribution in [0.15, 0.2) is 137 Å². The molecule has 3 heterocycles. The maximum absolute atomic E-state index is 15.9. The Morgan fingerprint density at radius 1 is 0.941 bits per heavy atom. The zero-order valence-electron chi connectivity index (χ0n) is 28.0.